The molecule has 3 rings (SSSR count). The summed E-state index contributed by atoms with van der Waals surface area (Å²) in [5.74, 6) is 0.914. The van der Waals surface area contributed by atoms with Crippen LogP contribution in [0.1, 0.15) is 34.8 Å². The molecule has 1 unspecified atom stereocenters. The first-order valence-electron chi connectivity index (χ1n) is 7.07. The van der Waals surface area contributed by atoms with Crippen LogP contribution < -0.4 is 0 Å². The van der Waals surface area contributed by atoms with Crippen molar-refractivity contribution < 1.29 is 0 Å². The fourth-order valence-corrected chi connectivity index (χ4v) is 2.86. The standard InChI is InChI=1S/C17H18ClN3/c1-11-5-4-6-15-16(11)21(17(20-15)13(3)18)10-14-7-8-19-9-12(14)2/h4-9,13H,10H2,1-3H3. The van der Waals surface area contributed by atoms with Gasteiger partial charge in [-0.05, 0) is 49.6 Å². The molecular weight excluding hydrogens is 282 g/mol. The Morgan fingerprint density at radius 1 is 1.19 bits per heavy atom. The average Bonchev–Trinajstić information content (AvgIpc) is 2.82. The van der Waals surface area contributed by atoms with E-state index in [-0.39, 0.29) is 5.38 Å². The Labute approximate surface area is 129 Å². The minimum atomic E-state index is -0.126. The molecule has 3 nitrogen and oxygen atoms in total. The molecule has 108 valence electrons. The number of benzene rings is 1. The highest BCUT2D eigenvalue weighted by molar-refractivity contribution is 6.20. The Morgan fingerprint density at radius 3 is 2.71 bits per heavy atom. The summed E-state index contributed by atoms with van der Waals surface area (Å²) < 4.78 is 2.23. The van der Waals surface area contributed by atoms with E-state index in [9.17, 15) is 0 Å². The largest absolute Gasteiger partial charge is 0.322 e. The second kappa shape index (κ2) is 5.49. The third-order valence-electron chi connectivity index (χ3n) is 3.82. The van der Waals surface area contributed by atoms with Crippen LogP contribution in [0.5, 0.6) is 0 Å². The van der Waals surface area contributed by atoms with E-state index in [2.05, 4.69) is 35.5 Å². The van der Waals surface area contributed by atoms with Crippen LogP contribution >= 0.6 is 11.6 Å². The highest BCUT2D eigenvalue weighted by Gasteiger charge is 2.16. The molecule has 0 radical (unpaired) electrons. The van der Waals surface area contributed by atoms with Gasteiger partial charge in [0, 0.05) is 18.9 Å². The van der Waals surface area contributed by atoms with Gasteiger partial charge in [-0.3, -0.25) is 4.98 Å². The number of hydrogen-bond acceptors (Lipinski definition) is 2. The number of halogens is 1. The van der Waals surface area contributed by atoms with Crippen molar-refractivity contribution >= 4 is 22.6 Å². The molecule has 0 fully saturated rings. The predicted molar refractivity (Wildman–Crippen MR) is 86.8 cm³/mol. The summed E-state index contributed by atoms with van der Waals surface area (Å²) in [5.41, 5.74) is 5.81. The van der Waals surface area contributed by atoms with E-state index in [1.165, 1.54) is 16.7 Å². The second-order valence-electron chi connectivity index (χ2n) is 5.42. The first kappa shape index (κ1) is 14.1. The topological polar surface area (TPSA) is 30.7 Å². The number of fused-ring (bicyclic) bond motifs is 1. The minimum absolute atomic E-state index is 0.126. The lowest BCUT2D eigenvalue weighted by Gasteiger charge is -2.13. The molecule has 0 aliphatic carbocycles. The fourth-order valence-electron chi connectivity index (χ4n) is 2.70. The summed E-state index contributed by atoms with van der Waals surface area (Å²) in [6, 6.07) is 8.25. The molecule has 0 aliphatic rings. The third-order valence-corrected chi connectivity index (χ3v) is 4.01. The first-order valence-corrected chi connectivity index (χ1v) is 7.51. The minimum Gasteiger partial charge on any atom is -0.322 e. The number of imidazole rings is 1. The van der Waals surface area contributed by atoms with Gasteiger partial charge in [-0.1, -0.05) is 12.1 Å². The molecule has 0 amide bonds. The molecule has 1 aromatic carbocycles. The van der Waals surface area contributed by atoms with E-state index < -0.39 is 0 Å². The number of para-hydroxylation sites is 1. The number of rotatable bonds is 3. The molecule has 0 bridgehead atoms. The first-order chi connectivity index (χ1) is 10.1. The summed E-state index contributed by atoms with van der Waals surface area (Å²) in [4.78, 5) is 8.87. The Hall–Kier alpha value is -1.87. The summed E-state index contributed by atoms with van der Waals surface area (Å²) >= 11 is 6.34. The Morgan fingerprint density at radius 2 is 2.00 bits per heavy atom. The smallest absolute Gasteiger partial charge is 0.128 e. The van der Waals surface area contributed by atoms with E-state index >= 15 is 0 Å². The van der Waals surface area contributed by atoms with E-state index in [0.29, 0.717) is 0 Å². The van der Waals surface area contributed by atoms with Crippen LogP contribution in [0, 0.1) is 13.8 Å². The lowest BCUT2D eigenvalue weighted by atomic mass is 10.1. The molecule has 0 saturated carbocycles. The zero-order valence-corrected chi connectivity index (χ0v) is 13.2. The molecule has 0 N–H and O–H groups in total. The van der Waals surface area contributed by atoms with E-state index in [0.717, 1.165) is 23.4 Å². The van der Waals surface area contributed by atoms with Crippen LogP contribution in [0.3, 0.4) is 0 Å². The highest BCUT2D eigenvalue weighted by Crippen LogP contribution is 2.27. The monoisotopic (exact) mass is 299 g/mol. The predicted octanol–water partition coefficient (Wildman–Crippen LogP) is 4.40. The summed E-state index contributed by atoms with van der Waals surface area (Å²) in [5, 5.41) is -0.126. The molecule has 2 aromatic heterocycles. The zero-order valence-electron chi connectivity index (χ0n) is 12.5. The maximum Gasteiger partial charge on any atom is 0.128 e. The normalized spacial score (nSPS) is 12.8. The van der Waals surface area contributed by atoms with E-state index in [4.69, 9.17) is 16.6 Å². The van der Waals surface area contributed by atoms with Crippen molar-refractivity contribution in [1.82, 2.24) is 14.5 Å². The van der Waals surface area contributed by atoms with Crippen molar-refractivity contribution in [3.63, 3.8) is 0 Å². The van der Waals surface area contributed by atoms with Crippen molar-refractivity contribution in [1.29, 1.82) is 0 Å². The van der Waals surface area contributed by atoms with Crippen LogP contribution in [-0.2, 0) is 6.54 Å². The second-order valence-corrected chi connectivity index (χ2v) is 6.07. The Bertz CT molecular complexity index is 790. The van der Waals surface area contributed by atoms with Gasteiger partial charge in [-0.25, -0.2) is 4.98 Å². The third kappa shape index (κ3) is 2.54. The van der Waals surface area contributed by atoms with Crippen LogP contribution in [-0.4, -0.2) is 14.5 Å². The highest BCUT2D eigenvalue weighted by atomic mass is 35.5. The van der Waals surface area contributed by atoms with Gasteiger partial charge < -0.3 is 4.57 Å². The SMILES string of the molecule is Cc1cnccc1Cn1c(C(C)Cl)nc2cccc(C)c21. The number of pyridine rings is 1. The van der Waals surface area contributed by atoms with Crippen LogP contribution in [0.25, 0.3) is 11.0 Å². The Kier molecular flexibility index (Phi) is 3.68. The van der Waals surface area contributed by atoms with Crippen molar-refractivity contribution in [3.8, 4) is 0 Å². The lowest BCUT2D eigenvalue weighted by Crippen LogP contribution is -2.07. The van der Waals surface area contributed by atoms with Crippen molar-refractivity contribution in [2.45, 2.75) is 32.7 Å². The van der Waals surface area contributed by atoms with Gasteiger partial charge in [0.05, 0.1) is 16.4 Å². The summed E-state index contributed by atoms with van der Waals surface area (Å²) in [6.07, 6.45) is 3.73. The number of nitrogens with zero attached hydrogens (tertiary/aromatic N) is 3. The molecule has 3 aromatic rings. The van der Waals surface area contributed by atoms with Gasteiger partial charge in [0.1, 0.15) is 5.82 Å². The lowest BCUT2D eigenvalue weighted by molar-refractivity contribution is 0.737. The molecule has 2 heterocycles. The van der Waals surface area contributed by atoms with E-state index in [1.54, 1.807) is 0 Å². The number of aryl methyl sites for hydroxylation is 2. The average molecular weight is 300 g/mol. The number of aromatic nitrogens is 3. The van der Waals surface area contributed by atoms with Gasteiger partial charge in [-0.2, -0.15) is 0 Å². The molecule has 4 heteroatoms. The zero-order chi connectivity index (χ0) is 15.0. The van der Waals surface area contributed by atoms with E-state index in [1.807, 2.05) is 31.5 Å². The molecule has 0 aliphatic heterocycles. The van der Waals surface area contributed by atoms with Crippen molar-refractivity contribution in [3.05, 3.63) is 59.2 Å². The summed E-state index contributed by atoms with van der Waals surface area (Å²) in [6.45, 7) is 6.93. The van der Waals surface area contributed by atoms with Crippen LogP contribution in [0.15, 0.2) is 36.7 Å². The van der Waals surface area contributed by atoms with Gasteiger partial charge in [0.15, 0.2) is 0 Å². The fraction of sp³-hybridized carbons (Fsp3) is 0.294. The van der Waals surface area contributed by atoms with Crippen molar-refractivity contribution in [2.24, 2.45) is 0 Å². The van der Waals surface area contributed by atoms with Gasteiger partial charge in [0.2, 0.25) is 0 Å². The van der Waals surface area contributed by atoms with Gasteiger partial charge in [0.25, 0.3) is 0 Å². The quantitative estimate of drug-likeness (QED) is 0.671. The van der Waals surface area contributed by atoms with Crippen LogP contribution in [0.2, 0.25) is 0 Å². The van der Waals surface area contributed by atoms with Gasteiger partial charge >= 0.3 is 0 Å². The van der Waals surface area contributed by atoms with Crippen molar-refractivity contribution in [2.75, 3.05) is 0 Å². The molecular formula is C17H18ClN3. The molecule has 0 saturated heterocycles. The van der Waals surface area contributed by atoms with Gasteiger partial charge in [-0.15, -0.1) is 11.6 Å². The molecule has 0 spiro atoms. The molecule has 1 atom stereocenters. The number of hydrogen-bond donors (Lipinski definition) is 0. The number of alkyl halides is 1. The Balaban J connectivity index is 2.20. The summed E-state index contributed by atoms with van der Waals surface area (Å²) in [7, 11) is 0. The molecule has 21 heavy (non-hydrogen) atoms. The maximum absolute atomic E-state index is 6.34. The maximum atomic E-state index is 6.34. The van der Waals surface area contributed by atoms with Crippen LogP contribution in [0.4, 0.5) is 0 Å².